The Bertz CT molecular complexity index is 911. The van der Waals surface area contributed by atoms with Gasteiger partial charge >= 0.3 is 0 Å². The van der Waals surface area contributed by atoms with Crippen molar-refractivity contribution in [3.8, 4) is 5.82 Å². The maximum absolute atomic E-state index is 13.6. The third kappa shape index (κ3) is 3.01. The van der Waals surface area contributed by atoms with Gasteiger partial charge in [0.25, 0.3) is 0 Å². The first kappa shape index (κ1) is 18.3. The van der Waals surface area contributed by atoms with Crippen LogP contribution in [0.15, 0.2) is 24.5 Å². The van der Waals surface area contributed by atoms with E-state index in [2.05, 4.69) is 24.9 Å². The van der Waals surface area contributed by atoms with Crippen LogP contribution in [0.25, 0.3) is 5.82 Å². The number of aryl methyl sites for hydroxylation is 1. The Labute approximate surface area is 177 Å². The van der Waals surface area contributed by atoms with Crippen LogP contribution in [0.5, 0.6) is 0 Å². The van der Waals surface area contributed by atoms with Crippen LogP contribution < -0.4 is 4.90 Å². The van der Waals surface area contributed by atoms with Crippen LogP contribution in [0.3, 0.4) is 0 Å². The van der Waals surface area contributed by atoms with Gasteiger partial charge in [-0.25, -0.2) is 14.6 Å². The molecule has 1 saturated heterocycles. The summed E-state index contributed by atoms with van der Waals surface area (Å²) in [5, 5.41) is 4.29. The first-order valence-corrected chi connectivity index (χ1v) is 11.5. The molecule has 5 aliphatic rings. The van der Waals surface area contributed by atoms with Gasteiger partial charge in [0.05, 0.1) is 5.41 Å². The van der Waals surface area contributed by atoms with E-state index in [0.29, 0.717) is 5.91 Å². The minimum absolute atomic E-state index is 0.0321. The summed E-state index contributed by atoms with van der Waals surface area (Å²) in [6.07, 6.45) is 11.2. The van der Waals surface area contributed by atoms with Gasteiger partial charge in [-0.05, 0) is 69.3 Å². The molecule has 0 radical (unpaired) electrons. The summed E-state index contributed by atoms with van der Waals surface area (Å²) in [6.45, 7) is 5.16. The molecule has 7 nitrogen and oxygen atoms in total. The highest BCUT2D eigenvalue weighted by Crippen LogP contribution is 2.60. The molecule has 0 unspecified atom stereocenters. The van der Waals surface area contributed by atoms with Gasteiger partial charge in [0, 0.05) is 44.6 Å². The molecule has 4 aliphatic carbocycles. The van der Waals surface area contributed by atoms with Crippen molar-refractivity contribution < 1.29 is 4.79 Å². The first-order valence-electron chi connectivity index (χ1n) is 11.5. The molecule has 7 rings (SSSR count). The number of nitrogens with zero attached hydrogens (tertiary/aromatic N) is 6. The number of carbonyl (C=O) groups excluding carboxylic acids is 1. The Morgan fingerprint density at radius 1 is 0.967 bits per heavy atom. The fourth-order valence-electron chi connectivity index (χ4n) is 7.07. The van der Waals surface area contributed by atoms with Crippen molar-refractivity contribution in [3.05, 3.63) is 30.4 Å². The molecular weight excluding hydrogens is 376 g/mol. The SMILES string of the molecule is Cc1nc(N2CCN(C(=O)C34CC5CC(CC(C5)C3)C4)CC2)cc(-n2cccn2)n1. The zero-order chi connectivity index (χ0) is 20.3. The number of piperazine rings is 1. The molecule has 0 aromatic carbocycles. The molecule has 2 aromatic heterocycles. The molecule has 3 heterocycles. The van der Waals surface area contributed by atoms with E-state index in [1.54, 1.807) is 10.9 Å². The molecule has 4 saturated carbocycles. The van der Waals surface area contributed by atoms with Crippen molar-refractivity contribution in [2.45, 2.75) is 45.4 Å². The van der Waals surface area contributed by atoms with Crippen LogP contribution in [0.4, 0.5) is 5.82 Å². The fraction of sp³-hybridized carbons (Fsp3) is 0.652. The van der Waals surface area contributed by atoms with E-state index >= 15 is 0 Å². The zero-order valence-corrected chi connectivity index (χ0v) is 17.7. The maximum atomic E-state index is 13.6. The number of carbonyl (C=O) groups is 1. The van der Waals surface area contributed by atoms with Gasteiger partial charge in [-0.3, -0.25) is 4.79 Å². The van der Waals surface area contributed by atoms with Crippen LogP contribution in [0, 0.1) is 30.1 Å². The molecule has 30 heavy (non-hydrogen) atoms. The predicted molar refractivity (Wildman–Crippen MR) is 113 cm³/mol. The van der Waals surface area contributed by atoms with Crippen molar-refractivity contribution in [1.82, 2.24) is 24.6 Å². The van der Waals surface area contributed by atoms with Crippen LogP contribution >= 0.6 is 0 Å². The van der Waals surface area contributed by atoms with Crippen molar-refractivity contribution in [2.24, 2.45) is 23.2 Å². The van der Waals surface area contributed by atoms with Gasteiger partial charge in [-0.1, -0.05) is 0 Å². The van der Waals surface area contributed by atoms with Crippen LogP contribution in [0.2, 0.25) is 0 Å². The van der Waals surface area contributed by atoms with Gasteiger partial charge in [0.1, 0.15) is 11.6 Å². The molecule has 0 atom stereocenters. The Kier molecular flexibility index (Phi) is 4.15. The normalized spacial score (nSPS) is 32.6. The van der Waals surface area contributed by atoms with Gasteiger partial charge in [0.15, 0.2) is 5.82 Å². The van der Waals surface area contributed by atoms with Crippen molar-refractivity contribution in [2.75, 3.05) is 31.1 Å². The summed E-state index contributed by atoms with van der Waals surface area (Å²) in [5.74, 6) is 5.34. The number of aromatic nitrogens is 4. The molecule has 1 aliphatic heterocycles. The minimum Gasteiger partial charge on any atom is -0.353 e. The molecule has 0 N–H and O–H groups in total. The number of hydrogen-bond acceptors (Lipinski definition) is 5. The quantitative estimate of drug-likeness (QED) is 0.784. The Morgan fingerprint density at radius 3 is 2.20 bits per heavy atom. The number of anilines is 1. The standard InChI is InChI=1S/C23H30N6O/c1-16-25-20(12-21(26-16)29-4-2-3-24-29)27-5-7-28(8-6-27)22(30)23-13-17-9-18(14-23)11-19(10-17)15-23/h2-4,12,17-19H,5-11,13-15H2,1H3. The van der Waals surface area contributed by atoms with E-state index in [-0.39, 0.29) is 5.41 Å². The molecule has 158 valence electrons. The molecule has 0 spiro atoms. The molecular formula is C23H30N6O. The highest BCUT2D eigenvalue weighted by atomic mass is 16.2. The van der Waals surface area contributed by atoms with E-state index in [1.807, 2.05) is 25.3 Å². The Hall–Kier alpha value is -2.44. The Morgan fingerprint density at radius 2 is 1.60 bits per heavy atom. The molecule has 7 heteroatoms. The monoisotopic (exact) mass is 406 g/mol. The lowest BCUT2D eigenvalue weighted by Gasteiger charge is -2.57. The van der Waals surface area contributed by atoms with Crippen molar-refractivity contribution in [3.63, 3.8) is 0 Å². The van der Waals surface area contributed by atoms with E-state index in [4.69, 9.17) is 0 Å². The number of amides is 1. The topological polar surface area (TPSA) is 67.2 Å². The van der Waals surface area contributed by atoms with Crippen molar-refractivity contribution in [1.29, 1.82) is 0 Å². The molecule has 5 fully saturated rings. The van der Waals surface area contributed by atoms with Gasteiger partial charge in [-0.15, -0.1) is 0 Å². The lowest BCUT2D eigenvalue weighted by atomic mass is 9.49. The lowest BCUT2D eigenvalue weighted by molar-refractivity contribution is -0.158. The second kappa shape index (κ2) is 6.79. The maximum Gasteiger partial charge on any atom is 0.228 e. The molecule has 4 bridgehead atoms. The Balaban J connectivity index is 1.16. The highest BCUT2D eigenvalue weighted by Gasteiger charge is 2.55. The third-order valence-corrected chi connectivity index (χ3v) is 7.93. The summed E-state index contributed by atoms with van der Waals surface area (Å²) in [4.78, 5) is 27.3. The van der Waals surface area contributed by atoms with Crippen LogP contribution in [-0.2, 0) is 4.79 Å². The zero-order valence-electron chi connectivity index (χ0n) is 17.7. The minimum atomic E-state index is -0.0321. The van der Waals surface area contributed by atoms with Crippen molar-refractivity contribution >= 4 is 11.7 Å². The van der Waals surface area contributed by atoms with Gasteiger partial charge in [0.2, 0.25) is 5.91 Å². The second-order valence-electron chi connectivity index (χ2n) is 10.1. The largest absolute Gasteiger partial charge is 0.353 e. The number of rotatable bonds is 3. The van der Waals surface area contributed by atoms with Crippen LogP contribution in [-0.4, -0.2) is 56.7 Å². The van der Waals surface area contributed by atoms with Gasteiger partial charge < -0.3 is 9.80 Å². The summed E-state index contributed by atoms with van der Waals surface area (Å²) >= 11 is 0. The summed E-state index contributed by atoms with van der Waals surface area (Å²) in [7, 11) is 0. The van der Waals surface area contributed by atoms with E-state index < -0.39 is 0 Å². The highest BCUT2D eigenvalue weighted by molar-refractivity contribution is 5.83. The average molecular weight is 407 g/mol. The molecule has 2 aromatic rings. The van der Waals surface area contributed by atoms with E-state index in [9.17, 15) is 4.79 Å². The van der Waals surface area contributed by atoms with Crippen LogP contribution in [0.1, 0.15) is 44.3 Å². The first-order chi connectivity index (χ1) is 14.6. The lowest BCUT2D eigenvalue weighted by Crippen LogP contribution is -2.58. The van der Waals surface area contributed by atoms with E-state index in [0.717, 1.165) is 80.7 Å². The number of hydrogen-bond donors (Lipinski definition) is 0. The third-order valence-electron chi connectivity index (χ3n) is 7.93. The van der Waals surface area contributed by atoms with Gasteiger partial charge in [-0.2, -0.15) is 5.10 Å². The second-order valence-corrected chi connectivity index (χ2v) is 10.1. The average Bonchev–Trinajstić information content (AvgIpc) is 3.27. The smallest absolute Gasteiger partial charge is 0.228 e. The summed E-state index contributed by atoms with van der Waals surface area (Å²) < 4.78 is 1.77. The molecule has 1 amide bonds. The predicted octanol–water partition coefficient (Wildman–Crippen LogP) is 2.84. The van der Waals surface area contributed by atoms with E-state index in [1.165, 1.54) is 19.3 Å². The summed E-state index contributed by atoms with van der Waals surface area (Å²) in [6, 6.07) is 3.89. The fourth-order valence-corrected chi connectivity index (χ4v) is 7.07. The summed E-state index contributed by atoms with van der Waals surface area (Å²) in [5.41, 5.74) is -0.0321.